The molecule has 0 bridgehead atoms. The highest BCUT2D eigenvalue weighted by atomic mass is 15.1. The lowest BCUT2D eigenvalue weighted by atomic mass is 10.2. The zero-order valence-corrected chi connectivity index (χ0v) is 11.9. The molecule has 3 aromatic rings. The van der Waals surface area contributed by atoms with Crippen LogP contribution in [0, 0.1) is 11.3 Å². The highest BCUT2D eigenvalue weighted by molar-refractivity contribution is 5.76. The number of nitrogens with one attached hydrogen (secondary N) is 1. The highest BCUT2D eigenvalue weighted by Gasteiger charge is 2.09. The van der Waals surface area contributed by atoms with Gasteiger partial charge in [0.05, 0.1) is 28.8 Å². The number of hydrogen-bond acceptors (Lipinski definition) is 3. The predicted octanol–water partition coefficient (Wildman–Crippen LogP) is 3.54. The van der Waals surface area contributed by atoms with Gasteiger partial charge in [0.25, 0.3) is 0 Å². The van der Waals surface area contributed by atoms with Crippen LogP contribution < -0.4 is 5.32 Å². The van der Waals surface area contributed by atoms with Crippen LogP contribution in [-0.2, 0) is 13.1 Å². The first-order chi connectivity index (χ1) is 10.3. The molecule has 0 aliphatic rings. The fourth-order valence-corrected chi connectivity index (χ4v) is 2.52. The Bertz CT molecular complexity index is 811. The number of benzene rings is 2. The molecule has 104 valence electrons. The van der Waals surface area contributed by atoms with Crippen LogP contribution in [0.3, 0.4) is 0 Å². The smallest absolute Gasteiger partial charge is 0.129 e. The van der Waals surface area contributed by atoms with Gasteiger partial charge < -0.3 is 9.88 Å². The molecule has 0 saturated heterocycles. The van der Waals surface area contributed by atoms with Crippen LogP contribution in [0.2, 0.25) is 0 Å². The molecule has 4 nitrogen and oxygen atoms in total. The number of aryl methyl sites for hydroxylation is 1. The molecule has 4 heteroatoms. The Morgan fingerprint density at radius 2 is 1.90 bits per heavy atom. The van der Waals surface area contributed by atoms with Crippen molar-refractivity contribution in [1.29, 1.82) is 5.26 Å². The van der Waals surface area contributed by atoms with Crippen molar-refractivity contribution < 1.29 is 0 Å². The van der Waals surface area contributed by atoms with Gasteiger partial charge in [0.1, 0.15) is 11.9 Å². The maximum Gasteiger partial charge on any atom is 0.129 e. The second kappa shape index (κ2) is 5.68. The van der Waals surface area contributed by atoms with Gasteiger partial charge in [-0.2, -0.15) is 5.26 Å². The summed E-state index contributed by atoms with van der Waals surface area (Å²) in [6, 6.07) is 17.8. The Balaban J connectivity index is 1.90. The van der Waals surface area contributed by atoms with Gasteiger partial charge >= 0.3 is 0 Å². The summed E-state index contributed by atoms with van der Waals surface area (Å²) in [7, 11) is 0. The summed E-state index contributed by atoms with van der Waals surface area (Å²) in [4.78, 5) is 4.67. The number of nitrogens with zero attached hydrogens (tertiary/aromatic N) is 3. The van der Waals surface area contributed by atoms with E-state index < -0.39 is 0 Å². The third-order valence-corrected chi connectivity index (χ3v) is 3.53. The molecule has 1 N–H and O–H groups in total. The molecule has 0 unspecified atom stereocenters. The molecular weight excluding hydrogens is 260 g/mol. The molecule has 0 fully saturated rings. The Morgan fingerprint density at radius 3 is 2.71 bits per heavy atom. The average molecular weight is 276 g/mol. The van der Waals surface area contributed by atoms with Gasteiger partial charge in [-0.25, -0.2) is 4.98 Å². The van der Waals surface area contributed by atoms with Gasteiger partial charge in [-0.3, -0.25) is 0 Å². The quantitative estimate of drug-likeness (QED) is 0.793. The highest BCUT2D eigenvalue weighted by Crippen LogP contribution is 2.18. The monoisotopic (exact) mass is 276 g/mol. The molecule has 21 heavy (non-hydrogen) atoms. The van der Waals surface area contributed by atoms with E-state index in [2.05, 4.69) is 33.9 Å². The van der Waals surface area contributed by atoms with Gasteiger partial charge in [-0.1, -0.05) is 24.3 Å². The van der Waals surface area contributed by atoms with Gasteiger partial charge in [-0.05, 0) is 31.2 Å². The second-order valence-corrected chi connectivity index (χ2v) is 4.77. The standard InChI is InChI=1S/C17H16N4/c1-2-21-16-10-6-5-9-15(16)20-17(21)12-19-14-8-4-3-7-13(14)11-18/h3-10,19H,2,12H2,1H3. The van der Waals surface area contributed by atoms with E-state index in [0.717, 1.165) is 29.1 Å². The Labute approximate surface area is 123 Å². The van der Waals surface area contributed by atoms with Crippen molar-refractivity contribution in [1.82, 2.24) is 9.55 Å². The fraction of sp³-hybridized carbons (Fsp3) is 0.176. The molecule has 2 aromatic carbocycles. The van der Waals surface area contributed by atoms with E-state index in [-0.39, 0.29) is 0 Å². The summed E-state index contributed by atoms with van der Waals surface area (Å²) in [5.41, 5.74) is 3.64. The molecule has 3 rings (SSSR count). The first kappa shape index (κ1) is 13.2. The number of rotatable bonds is 4. The van der Waals surface area contributed by atoms with Crippen LogP contribution in [0.25, 0.3) is 11.0 Å². The van der Waals surface area contributed by atoms with E-state index in [1.807, 2.05) is 42.5 Å². The lowest BCUT2D eigenvalue weighted by Gasteiger charge is -2.09. The number of nitriles is 1. The van der Waals surface area contributed by atoms with Crippen molar-refractivity contribution in [3.8, 4) is 6.07 Å². The Hall–Kier alpha value is -2.80. The van der Waals surface area contributed by atoms with Crippen molar-refractivity contribution in [3.63, 3.8) is 0 Å². The number of para-hydroxylation sites is 3. The number of hydrogen-bond donors (Lipinski definition) is 1. The summed E-state index contributed by atoms with van der Waals surface area (Å²) >= 11 is 0. The molecule has 0 amide bonds. The molecule has 0 spiro atoms. The number of fused-ring (bicyclic) bond motifs is 1. The minimum absolute atomic E-state index is 0.598. The molecular formula is C17H16N4. The SMILES string of the molecule is CCn1c(CNc2ccccc2C#N)nc2ccccc21. The van der Waals surface area contributed by atoms with E-state index >= 15 is 0 Å². The second-order valence-electron chi connectivity index (χ2n) is 4.77. The summed E-state index contributed by atoms with van der Waals surface area (Å²) in [6.45, 7) is 3.58. The number of aromatic nitrogens is 2. The Morgan fingerprint density at radius 1 is 1.14 bits per heavy atom. The number of imidazole rings is 1. The van der Waals surface area contributed by atoms with Crippen LogP contribution in [0.4, 0.5) is 5.69 Å². The van der Waals surface area contributed by atoms with Crippen LogP contribution in [0.1, 0.15) is 18.3 Å². The molecule has 0 aliphatic heterocycles. The largest absolute Gasteiger partial charge is 0.377 e. The maximum atomic E-state index is 9.12. The first-order valence-corrected chi connectivity index (χ1v) is 7.00. The lowest BCUT2D eigenvalue weighted by molar-refractivity contribution is 0.729. The first-order valence-electron chi connectivity index (χ1n) is 7.00. The third kappa shape index (κ3) is 2.46. The minimum atomic E-state index is 0.598. The van der Waals surface area contributed by atoms with E-state index in [9.17, 15) is 0 Å². The van der Waals surface area contributed by atoms with Gasteiger partial charge in [0, 0.05) is 6.54 Å². The van der Waals surface area contributed by atoms with Crippen molar-refractivity contribution in [2.24, 2.45) is 0 Å². The maximum absolute atomic E-state index is 9.12. The normalized spacial score (nSPS) is 10.5. The summed E-state index contributed by atoms with van der Waals surface area (Å²) in [5.74, 6) is 0.978. The van der Waals surface area contributed by atoms with Crippen LogP contribution >= 0.6 is 0 Å². The summed E-state index contributed by atoms with van der Waals surface area (Å²) < 4.78 is 2.19. The fourth-order valence-electron chi connectivity index (χ4n) is 2.52. The lowest BCUT2D eigenvalue weighted by Crippen LogP contribution is -2.08. The minimum Gasteiger partial charge on any atom is -0.377 e. The summed E-state index contributed by atoms with van der Waals surface area (Å²) in [5, 5.41) is 12.4. The third-order valence-electron chi connectivity index (χ3n) is 3.53. The van der Waals surface area contributed by atoms with E-state index in [1.54, 1.807) is 0 Å². The predicted molar refractivity (Wildman–Crippen MR) is 83.9 cm³/mol. The van der Waals surface area contributed by atoms with Crippen LogP contribution in [0.5, 0.6) is 0 Å². The van der Waals surface area contributed by atoms with E-state index in [0.29, 0.717) is 12.1 Å². The van der Waals surface area contributed by atoms with Crippen LogP contribution in [0.15, 0.2) is 48.5 Å². The summed E-state index contributed by atoms with van der Waals surface area (Å²) in [6.07, 6.45) is 0. The zero-order chi connectivity index (χ0) is 14.7. The number of anilines is 1. The molecule has 1 aromatic heterocycles. The zero-order valence-electron chi connectivity index (χ0n) is 11.9. The molecule has 0 aliphatic carbocycles. The average Bonchev–Trinajstić information content (AvgIpc) is 2.90. The van der Waals surface area contributed by atoms with Gasteiger partial charge in [0.15, 0.2) is 0 Å². The van der Waals surface area contributed by atoms with Crippen molar-refractivity contribution in [2.45, 2.75) is 20.0 Å². The molecule has 0 saturated carbocycles. The molecule has 0 atom stereocenters. The van der Waals surface area contributed by atoms with Crippen molar-refractivity contribution in [2.75, 3.05) is 5.32 Å². The van der Waals surface area contributed by atoms with Crippen LogP contribution in [-0.4, -0.2) is 9.55 Å². The van der Waals surface area contributed by atoms with E-state index in [4.69, 9.17) is 5.26 Å². The van der Waals surface area contributed by atoms with Gasteiger partial charge in [0.2, 0.25) is 0 Å². The van der Waals surface area contributed by atoms with Crippen molar-refractivity contribution >= 4 is 16.7 Å². The molecule has 0 radical (unpaired) electrons. The van der Waals surface area contributed by atoms with Gasteiger partial charge in [-0.15, -0.1) is 0 Å². The topological polar surface area (TPSA) is 53.6 Å². The Kier molecular flexibility index (Phi) is 3.57. The van der Waals surface area contributed by atoms with E-state index in [1.165, 1.54) is 0 Å². The molecule has 1 heterocycles. The van der Waals surface area contributed by atoms with Crippen molar-refractivity contribution in [3.05, 3.63) is 59.9 Å².